The Hall–Kier alpha value is -3.45. The van der Waals surface area contributed by atoms with E-state index < -0.39 is 29.9 Å². The molecule has 7 heteroatoms. The minimum atomic E-state index is -4.76. The largest absolute Gasteiger partial charge is 0.431 e. The molecule has 0 saturated carbocycles. The first kappa shape index (κ1) is 20.8. The van der Waals surface area contributed by atoms with Gasteiger partial charge in [-0.2, -0.15) is 23.3 Å². The molecule has 3 aromatic rings. The average molecular weight is 424 g/mol. The van der Waals surface area contributed by atoms with Crippen LogP contribution in [0.15, 0.2) is 84.0 Å². The van der Waals surface area contributed by atoms with Gasteiger partial charge < -0.3 is 5.11 Å². The molecule has 1 aliphatic rings. The van der Waals surface area contributed by atoms with Crippen LogP contribution >= 0.6 is 0 Å². The Morgan fingerprint density at radius 2 is 1.52 bits per heavy atom. The lowest BCUT2D eigenvalue weighted by molar-refractivity contribution is -0.0816. The maximum Gasteiger partial charge on any atom is 0.431 e. The molecule has 0 radical (unpaired) electrons. The van der Waals surface area contributed by atoms with Gasteiger partial charge in [0, 0.05) is 11.1 Å². The number of hydrogen-bond acceptors (Lipinski definition) is 3. The second-order valence-corrected chi connectivity index (χ2v) is 7.46. The Balaban J connectivity index is 1.71. The lowest BCUT2D eigenvalue weighted by Gasteiger charge is -2.31. The van der Waals surface area contributed by atoms with Gasteiger partial charge in [-0.25, -0.2) is 0 Å². The third kappa shape index (κ3) is 3.96. The lowest BCUT2D eigenvalue weighted by Crippen LogP contribution is -2.43. The summed E-state index contributed by atoms with van der Waals surface area (Å²) in [4.78, 5) is 13.1. The fourth-order valence-electron chi connectivity index (χ4n) is 3.52. The minimum absolute atomic E-state index is 0.123. The summed E-state index contributed by atoms with van der Waals surface area (Å²) in [6.45, 7) is 1.82. The summed E-state index contributed by atoms with van der Waals surface area (Å²) < 4.78 is 40.2. The average Bonchev–Trinajstić information content (AvgIpc) is 3.13. The van der Waals surface area contributed by atoms with Crippen LogP contribution in [0.5, 0.6) is 0 Å². The first-order valence-electron chi connectivity index (χ1n) is 9.63. The van der Waals surface area contributed by atoms with E-state index in [-0.39, 0.29) is 11.1 Å². The van der Waals surface area contributed by atoms with Crippen LogP contribution in [0.25, 0.3) is 11.1 Å². The van der Waals surface area contributed by atoms with Gasteiger partial charge in [0.2, 0.25) is 0 Å². The van der Waals surface area contributed by atoms with Crippen LogP contribution < -0.4 is 0 Å². The van der Waals surface area contributed by atoms with E-state index in [0.29, 0.717) is 5.01 Å². The van der Waals surface area contributed by atoms with E-state index >= 15 is 0 Å². The van der Waals surface area contributed by atoms with E-state index in [4.69, 9.17) is 0 Å². The van der Waals surface area contributed by atoms with Gasteiger partial charge in [0.05, 0.1) is 6.42 Å². The zero-order chi connectivity index (χ0) is 22.2. The highest BCUT2D eigenvalue weighted by molar-refractivity contribution is 6.00. The number of amides is 1. The molecule has 31 heavy (non-hydrogen) atoms. The van der Waals surface area contributed by atoms with Gasteiger partial charge in [0.1, 0.15) is 5.71 Å². The highest BCUT2D eigenvalue weighted by atomic mass is 19.4. The number of aryl methyl sites for hydroxylation is 1. The second kappa shape index (κ2) is 7.67. The van der Waals surface area contributed by atoms with E-state index in [2.05, 4.69) is 5.10 Å². The predicted molar refractivity (Wildman–Crippen MR) is 111 cm³/mol. The molecule has 1 amide bonds. The molecule has 1 aliphatic heterocycles. The summed E-state index contributed by atoms with van der Waals surface area (Å²) in [6, 6.07) is 22.2. The highest BCUT2D eigenvalue weighted by Crippen LogP contribution is 2.40. The highest BCUT2D eigenvalue weighted by Gasteiger charge is 2.53. The Bertz CT molecular complexity index is 1120. The zero-order valence-corrected chi connectivity index (χ0v) is 16.6. The molecule has 0 aromatic heterocycles. The fourth-order valence-corrected chi connectivity index (χ4v) is 3.52. The van der Waals surface area contributed by atoms with Crippen molar-refractivity contribution in [1.82, 2.24) is 5.01 Å². The van der Waals surface area contributed by atoms with Crippen molar-refractivity contribution in [3.63, 3.8) is 0 Å². The summed E-state index contributed by atoms with van der Waals surface area (Å²) >= 11 is 0. The standard InChI is InChI=1S/C24H19F3N2O2/c1-16-7-13-20(14-8-16)23(31)15-21(24(25,26)27)28-29(23)22(30)19-11-9-18(10-12-19)17-5-3-2-4-6-17/h2-14,31H,15H2,1H3/t23-/m0/s1. The lowest BCUT2D eigenvalue weighted by atomic mass is 9.95. The van der Waals surface area contributed by atoms with Gasteiger partial charge in [-0.3, -0.25) is 4.79 Å². The maximum atomic E-state index is 13.4. The SMILES string of the molecule is Cc1ccc([C@@]2(O)CC(C(F)(F)F)=NN2C(=O)c2ccc(-c3ccccc3)cc2)cc1. The van der Waals surface area contributed by atoms with Gasteiger partial charge in [0.15, 0.2) is 5.72 Å². The van der Waals surface area contributed by atoms with Crippen molar-refractivity contribution in [2.45, 2.75) is 25.2 Å². The quantitative estimate of drug-likeness (QED) is 0.623. The van der Waals surface area contributed by atoms with Gasteiger partial charge in [-0.1, -0.05) is 72.3 Å². The molecule has 0 aliphatic carbocycles. The number of hydrazone groups is 1. The van der Waals surface area contributed by atoms with E-state index in [1.807, 2.05) is 37.3 Å². The molecule has 1 heterocycles. The molecule has 158 valence electrons. The van der Waals surface area contributed by atoms with Crippen LogP contribution in [-0.4, -0.2) is 27.9 Å². The first-order chi connectivity index (χ1) is 14.7. The van der Waals surface area contributed by atoms with Crippen LogP contribution in [0.2, 0.25) is 0 Å². The van der Waals surface area contributed by atoms with Crippen molar-refractivity contribution in [3.05, 3.63) is 95.6 Å². The number of benzene rings is 3. The Morgan fingerprint density at radius 3 is 2.10 bits per heavy atom. The van der Waals surface area contributed by atoms with E-state index in [0.717, 1.165) is 16.7 Å². The van der Waals surface area contributed by atoms with Crippen LogP contribution in [0.3, 0.4) is 0 Å². The number of carbonyl (C=O) groups excluding carboxylic acids is 1. The molecular weight excluding hydrogens is 405 g/mol. The van der Waals surface area contributed by atoms with Crippen LogP contribution in [0, 0.1) is 6.92 Å². The minimum Gasteiger partial charge on any atom is -0.365 e. The molecule has 0 spiro atoms. The number of hydrogen-bond donors (Lipinski definition) is 1. The van der Waals surface area contributed by atoms with Crippen molar-refractivity contribution in [1.29, 1.82) is 0 Å². The summed E-state index contributed by atoms with van der Waals surface area (Å²) in [7, 11) is 0. The fraction of sp³-hybridized carbons (Fsp3) is 0.167. The molecule has 0 saturated heterocycles. The molecule has 1 N–H and O–H groups in total. The number of aliphatic hydroxyl groups is 1. The normalized spacial score (nSPS) is 18.7. The van der Waals surface area contributed by atoms with E-state index in [9.17, 15) is 23.1 Å². The number of nitrogens with zero attached hydrogens (tertiary/aromatic N) is 2. The second-order valence-electron chi connectivity index (χ2n) is 7.46. The summed E-state index contributed by atoms with van der Waals surface area (Å²) in [5.41, 5.74) is -0.481. The van der Waals surface area contributed by atoms with Gasteiger partial charge in [-0.15, -0.1) is 0 Å². The molecule has 1 atom stereocenters. The predicted octanol–water partition coefficient (Wildman–Crippen LogP) is 5.27. The van der Waals surface area contributed by atoms with Crippen molar-refractivity contribution in [2.75, 3.05) is 0 Å². The van der Waals surface area contributed by atoms with Crippen LogP contribution in [0.4, 0.5) is 13.2 Å². The molecule has 0 fully saturated rings. The van der Waals surface area contributed by atoms with Gasteiger partial charge in [-0.05, 0) is 30.2 Å². The molecular formula is C24H19F3N2O2. The van der Waals surface area contributed by atoms with Gasteiger partial charge in [0.25, 0.3) is 5.91 Å². The third-order valence-corrected chi connectivity index (χ3v) is 5.26. The number of halogens is 3. The molecule has 0 unspecified atom stereocenters. The maximum absolute atomic E-state index is 13.4. The smallest absolute Gasteiger partial charge is 0.365 e. The summed E-state index contributed by atoms with van der Waals surface area (Å²) in [6.07, 6.45) is -5.60. The third-order valence-electron chi connectivity index (χ3n) is 5.26. The van der Waals surface area contributed by atoms with Gasteiger partial charge >= 0.3 is 6.18 Å². The van der Waals surface area contributed by atoms with E-state index in [1.54, 1.807) is 24.3 Å². The summed E-state index contributed by atoms with van der Waals surface area (Å²) in [5.74, 6) is -0.818. The zero-order valence-electron chi connectivity index (χ0n) is 16.6. The van der Waals surface area contributed by atoms with Crippen molar-refractivity contribution < 1.29 is 23.1 Å². The van der Waals surface area contributed by atoms with Crippen molar-refractivity contribution in [2.24, 2.45) is 5.10 Å². The topological polar surface area (TPSA) is 52.9 Å². The number of rotatable bonds is 3. The monoisotopic (exact) mass is 424 g/mol. The van der Waals surface area contributed by atoms with E-state index in [1.165, 1.54) is 24.3 Å². The molecule has 3 aromatic carbocycles. The number of carbonyl (C=O) groups is 1. The molecule has 0 bridgehead atoms. The first-order valence-corrected chi connectivity index (χ1v) is 9.63. The van der Waals surface area contributed by atoms with Crippen molar-refractivity contribution >= 4 is 11.6 Å². The number of alkyl halides is 3. The Labute approximate surface area is 177 Å². The van der Waals surface area contributed by atoms with Crippen molar-refractivity contribution in [3.8, 4) is 11.1 Å². The van der Waals surface area contributed by atoms with Crippen LogP contribution in [-0.2, 0) is 5.72 Å². The molecule has 4 rings (SSSR count). The summed E-state index contributed by atoms with van der Waals surface area (Å²) in [5, 5.41) is 15.2. The Kier molecular flexibility index (Phi) is 5.15. The molecule has 4 nitrogen and oxygen atoms in total. The Morgan fingerprint density at radius 1 is 0.935 bits per heavy atom. The van der Waals surface area contributed by atoms with Crippen LogP contribution in [0.1, 0.15) is 27.9 Å².